The van der Waals surface area contributed by atoms with Gasteiger partial charge in [-0.15, -0.1) is 0 Å². The smallest absolute Gasteiger partial charge is 0.435 e. The molecule has 30 heavy (non-hydrogen) atoms. The molecule has 1 amide bonds. The molecule has 0 bridgehead atoms. The number of nitriles is 1. The van der Waals surface area contributed by atoms with Crippen LogP contribution in [0.2, 0.25) is 5.02 Å². The van der Waals surface area contributed by atoms with Crippen molar-refractivity contribution in [2.75, 3.05) is 6.61 Å². The van der Waals surface area contributed by atoms with Gasteiger partial charge >= 0.3 is 6.18 Å². The van der Waals surface area contributed by atoms with Crippen molar-refractivity contribution in [3.63, 3.8) is 0 Å². The number of ether oxygens (including phenoxy) is 1. The number of hydrogen-bond acceptors (Lipinski definition) is 4. The first-order valence-corrected chi connectivity index (χ1v) is 8.96. The zero-order valence-electron chi connectivity index (χ0n) is 15.3. The van der Waals surface area contributed by atoms with Crippen LogP contribution in [0, 0.1) is 11.3 Å². The Morgan fingerprint density at radius 3 is 2.53 bits per heavy atom. The minimum Gasteiger partial charge on any atom is -0.467 e. The molecule has 0 aliphatic heterocycles. The molecule has 10 heteroatoms. The van der Waals surface area contributed by atoms with Gasteiger partial charge in [0.25, 0.3) is 5.91 Å². The van der Waals surface area contributed by atoms with Crippen LogP contribution in [0.4, 0.5) is 13.2 Å². The van der Waals surface area contributed by atoms with Crippen LogP contribution >= 0.6 is 11.6 Å². The Kier molecular flexibility index (Phi) is 6.28. The second-order valence-corrected chi connectivity index (χ2v) is 6.51. The summed E-state index contributed by atoms with van der Waals surface area (Å²) < 4.78 is 45.5. The standard InChI is InChI=1S/C20H14ClF3N4O2/c21-15-3-1-2-4-16(15)28-19(9-17(27-28)20(22,23)24)30-12-18(29)26-11-14-7-5-13(10-25)6-8-14/h1-9H,11-12H2,(H,26,29). The average molecular weight is 435 g/mol. The summed E-state index contributed by atoms with van der Waals surface area (Å²) in [5, 5.41) is 15.1. The number of nitrogens with zero attached hydrogens (tertiary/aromatic N) is 3. The van der Waals surface area contributed by atoms with Gasteiger partial charge in [-0.3, -0.25) is 4.79 Å². The summed E-state index contributed by atoms with van der Waals surface area (Å²) in [6.45, 7) is -0.352. The molecule has 0 aliphatic carbocycles. The number of benzene rings is 2. The van der Waals surface area contributed by atoms with Crippen LogP contribution in [0.25, 0.3) is 5.69 Å². The van der Waals surface area contributed by atoms with E-state index < -0.39 is 24.4 Å². The molecule has 0 unspecified atom stereocenters. The van der Waals surface area contributed by atoms with Gasteiger partial charge in [0.1, 0.15) is 0 Å². The number of para-hydroxylation sites is 1. The van der Waals surface area contributed by atoms with E-state index >= 15 is 0 Å². The zero-order chi connectivity index (χ0) is 21.7. The van der Waals surface area contributed by atoms with E-state index in [9.17, 15) is 18.0 Å². The lowest BCUT2D eigenvalue weighted by Gasteiger charge is -2.10. The van der Waals surface area contributed by atoms with E-state index in [0.717, 1.165) is 10.2 Å². The third kappa shape index (κ3) is 5.10. The Morgan fingerprint density at radius 1 is 1.20 bits per heavy atom. The maximum atomic E-state index is 13.1. The van der Waals surface area contributed by atoms with Gasteiger partial charge in [0, 0.05) is 12.6 Å². The first-order chi connectivity index (χ1) is 14.3. The lowest BCUT2D eigenvalue weighted by molar-refractivity contribution is -0.141. The minimum absolute atomic E-state index is 0.171. The molecule has 0 saturated carbocycles. The fourth-order valence-electron chi connectivity index (χ4n) is 2.49. The van der Waals surface area contributed by atoms with Crippen molar-refractivity contribution in [2.24, 2.45) is 0 Å². The number of aromatic nitrogens is 2. The van der Waals surface area contributed by atoms with Crippen LogP contribution < -0.4 is 10.1 Å². The number of carbonyl (C=O) groups is 1. The predicted molar refractivity (Wildman–Crippen MR) is 102 cm³/mol. The molecule has 1 N–H and O–H groups in total. The summed E-state index contributed by atoms with van der Waals surface area (Å²) in [7, 11) is 0. The summed E-state index contributed by atoms with van der Waals surface area (Å²) >= 11 is 6.06. The van der Waals surface area contributed by atoms with Crippen molar-refractivity contribution in [1.82, 2.24) is 15.1 Å². The molecule has 1 heterocycles. The summed E-state index contributed by atoms with van der Waals surface area (Å²) in [5.74, 6) is -0.816. The first-order valence-electron chi connectivity index (χ1n) is 8.58. The molecular weight excluding hydrogens is 421 g/mol. The van der Waals surface area contributed by atoms with Crippen LogP contribution in [0.3, 0.4) is 0 Å². The second kappa shape index (κ2) is 8.88. The highest BCUT2D eigenvalue weighted by Gasteiger charge is 2.35. The summed E-state index contributed by atoms with van der Waals surface area (Å²) in [6, 6.07) is 15.5. The molecule has 3 rings (SSSR count). The monoisotopic (exact) mass is 434 g/mol. The number of nitrogens with one attached hydrogen (secondary N) is 1. The lowest BCUT2D eigenvalue weighted by atomic mass is 10.1. The molecule has 0 fully saturated rings. The highest BCUT2D eigenvalue weighted by molar-refractivity contribution is 6.32. The van der Waals surface area contributed by atoms with Crippen LogP contribution in [0.15, 0.2) is 54.6 Å². The van der Waals surface area contributed by atoms with E-state index in [1.807, 2.05) is 6.07 Å². The van der Waals surface area contributed by atoms with E-state index in [0.29, 0.717) is 11.6 Å². The van der Waals surface area contributed by atoms with E-state index in [1.165, 1.54) is 12.1 Å². The molecule has 0 spiro atoms. The Morgan fingerprint density at radius 2 is 1.90 bits per heavy atom. The van der Waals surface area contributed by atoms with Crippen molar-refractivity contribution >= 4 is 17.5 Å². The molecule has 154 valence electrons. The van der Waals surface area contributed by atoms with E-state index in [2.05, 4.69) is 10.4 Å². The van der Waals surface area contributed by atoms with Gasteiger partial charge in [-0.2, -0.15) is 28.2 Å². The van der Waals surface area contributed by atoms with Gasteiger partial charge in [0.05, 0.1) is 22.3 Å². The molecule has 0 radical (unpaired) electrons. The molecule has 3 aromatic rings. The first kappa shape index (κ1) is 21.2. The number of halogens is 4. The Bertz CT molecular complexity index is 1090. The molecular formula is C20H14ClF3N4O2. The van der Waals surface area contributed by atoms with Crippen molar-refractivity contribution in [3.8, 4) is 17.6 Å². The van der Waals surface area contributed by atoms with Crippen molar-refractivity contribution in [3.05, 3.63) is 76.4 Å². The third-order valence-corrected chi connectivity index (χ3v) is 4.29. The summed E-state index contributed by atoms with van der Waals surface area (Å²) in [6.07, 6.45) is -4.69. The Hall–Kier alpha value is -3.51. The van der Waals surface area contributed by atoms with Crippen LogP contribution in [0.1, 0.15) is 16.8 Å². The molecule has 0 atom stereocenters. The molecule has 0 aliphatic rings. The maximum absolute atomic E-state index is 13.1. The predicted octanol–water partition coefficient (Wildman–Crippen LogP) is 4.11. The van der Waals surface area contributed by atoms with Crippen LogP contribution in [0.5, 0.6) is 5.88 Å². The van der Waals surface area contributed by atoms with E-state index in [4.69, 9.17) is 21.6 Å². The number of rotatable bonds is 6. The second-order valence-electron chi connectivity index (χ2n) is 6.10. The minimum atomic E-state index is -4.69. The largest absolute Gasteiger partial charge is 0.467 e. The SMILES string of the molecule is N#Cc1ccc(CNC(=O)COc2cc(C(F)(F)F)nn2-c2ccccc2Cl)cc1. The Balaban J connectivity index is 1.70. The van der Waals surface area contributed by atoms with E-state index in [1.54, 1.807) is 36.4 Å². The summed E-state index contributed by atoms with van der Waals surface area (Å²) in [5.41, 5.74) is 0.252. The number of carbonyl (C=O) groups excluding carboxylic acids is 1. The summed E-state index contributed by atoms with van der Waals surface area (Å²) in [4.78, 5) is 12.1. The number of amides is 1. The molecule has 0 saturated heterocycles. The van der Waals surface area contributed by atoms with Gasteiger partial charge in [-0.1, -0.05) is 35.9 Å². The average Bonchev–Trinajstić information content (AvgIpc) is 3.16. The molecule has 1 aromatic heterocycles. The molecule has 2 aromatic carbocycles. The fourth-order valence-corrected chi connectivity index (χ4v) is 2.71. The molecule has 6 nitrogen and oxygen atoms in total. The quantitative estimate of drug-likeness (QED) is 0.633. The van der Waals surface area contributed by atoms with Crippen LogP contribution in [-0.2, 0) is 17.5 Å². The maximum Gasteiger partial charge on any atom is 0.435 e. The van der Waals surface area contributed by atoms with Crippen molar-refractivity contribution < 1.29 is 22.7 Å². The van der Waals surface area contributed by atoms with Crippen molar-refractivity contribution in [1.29, 1.82) is 5.26 Å². The highest BCUT2D eigenvalue weighted by Crippen LogP contribution is 2.33. The van der Waals surface area contributed by atoms with Gasteiger partial charge < -0.3 is 10.1 Å². The van der Waals surface area contributed by atoms with Gasteiger partial charge in [-0.05, 0) is 29.8 Å². The number of hydrogen-bond donors (Lipinski definition) is 1. The third-order valence-electron chi connectivity index (χ3n) is 3.97. The highest BCUT2D eigenvalue weighted by atomic mass is 35.5. The van der Waals surface area contributed by atoms with E-state index in [-0.39, 0.29) is 23.1 Å². The zero-order valence-corrected chi connectivity index (χ0v) is 16.0. The van der Waals surface area contributed by atoms with Gasteiger partial charge in [0.2, 0.25) is 5.88 Å². The fraction of sp³-hybridized carbons (Fsp3) is 0.150. The van der Waals surface area contributed by atoms with Crippen molar-refractivity contribution in [2.45, 2.75) is 12.7 Å². The lowest BCUT2D eigenvalue weighted by Crippen LogP contribution is -2.28. The number of alkyl halides is 3. The van der Waals surface area contributed by atoms with Gasteiger partial charge in [0.15, 0.2) is 12.3 Å². The Labute approximate surface area is 174 Å². The van der Waals surface area contributed by atoms with Crippen LogP contribution in [-0.4, -0.2) is 22.3 Å². The normalized spacial score (nSPS) is 11.0. The topological polar surface area (TPSA) is 79.9 Å². The van der Waals surface area contributed by atoms with Gasteiger partial charge in [-0.25, -0.2) is 0 Å².